The predicted octanol–water partition coefficient (Wildman–Crippen LogP) is 3.71. The SMILES string of the molecule is CNCc1ccc(SCc2ccc(OC)cc2)cc1. The molecule has 0 bridgehead atoms. The van der Waals surface area contributed by atoms with E-state index in [1.54, 1.807) is 7.11 Å². The highest BCUT2D eigenvalue weighted by atomic mass is 32.2. The molecule has 2 aromatic carbocycles. The van der Waals surface area contributed by atoms with Gasteiger partial charge in [0.2, 0.25) is 0 Å². The number of hydrogen-bond donors (Lipinski definition) is 1. The minimum atomic E-state index is 0.908. The molecule has 0 aliphatic rings. The van der Waals surface area contributed by atoms with Gasteiger partial charge in [-0.25, -0.2) is 0 Å². The van der Waals surface area contributed by atoms with E-state index >= 15 is 0 Å². The Morgan fingerprint density at radius 3 is 2.16 bits per heavy atom. The summed E-state index contributed by atoms with van der Waals surface area (Å²) in [7, 11) is 3.66. The van der Waals surface area contributed by atoms with Gasteiger partial charge in [0.05, 0.1) is 7.11 Å². The van der Waals surface area contributed by atoms with Crippen LogP contribution in [0.3, 0.4) is 0 Å². The minimum Gasteiger partial charge on any atom is -0.497 e. The van der Waals surface area contributed by atoms with Crippen LogP contribution < -0.4 is 10.1 Å². The van der Waals surface area contributed by atoms with Crippen LogP contribution in [0.5, 0.6) is 5.75 Å². The van der Waals surface area contributed by atoms with E-state index in [2.05, 4.69) is 41.7 Å². The molecule has 0 amide bonds. The molecule has 0 unspecified atom stereocenters. The summed E-state index contributed by atoms with van der Waals surface area (Å²) in [5, 5.41) is 3.15. The van der Waals surface area contributed by atoms with Crippen molar-refractivity contribution >= 4 is 11.8 Å². The molecule has 0 spiro atoms. The zero-order valence-electron chi connectivity index (χ0n) is 11.3. The maximum atomic E-state index is 5.16. The van der Waals surface area contributed by atoms with Gasteiger partial charge in [0.1, 0.15) is 5.75 Å². The maximum Gasteiger partial charge on any atom is 0.118 e. The second kappa shape index (κ2) is 7.22. The van der Waals surface area contributed by atoms with Crippen LogP contribution in [0, 0.1) is 0 Å². The molecule has 2 nitrogen and oxygen atoms in total. The summed E-state index contributed by atoms with van der Waals surface area (Å²) < 4.78 is 5.16. The van der Waals surface area contributed by atoms with Crippen molar-refractivity contribution in [1.29, 1.82) is 0 Å². The van der Waals surface area contributed by atoms with Crippen molar-refractivity contribution in [2.45, 2.75) is 17.2 Å². The average molecular weight is 273 g/mol. The monoisotopic (exact) mass is 273 g/mol. The van der Waals surface area contributed by atoms with Crippen LogP contribution in [-0.2, 0) is 12.3 Å². The van der Waals surface area contributed by atoms with E-state index in [1.807, 2.05) is 30.9 Å². The molecule has 2 aromatic rings. The number of thioether (sulfide) groups is 1. The molecule has 0 fully saturated rings. The first-order valence-corrected chi connectivity index (χ1v) is 7.29. The van der Waals surface area contributed by atoms with Crippen molar-refractivity contribution in [3.8, 4) is 5.75 Å². The van der Waals surface area contributed by atoms with Crippen LogP contribution in [0.1, 0.15) is 11.1 Å². The first-order valence-electron chi connectivity index (χ1n) is 6.31. The Kier molecular flexibility index (Phi) is 5.31. The van der Waals surface area contributed by atoms with Crippen LogP contribution >= 0.6 is 11.8 Å². The lowest BCUT2D eigenvalue weighted by molar-refractivity contribution is 0.414. The Morgan fingerprint density at radius 1 is 0.947 bits per heavy atom. The maximum absolute atomic E-state index is 5.16. The number of methoxy groups -OCH3 is 1. The highest BCUT2D eigenvalue weighted by Gasteiger charge is 1.98. The number of rotatable bonds is 6. The largest absolute Gasteiger partial charge is 0.497 e. The summed E-state index contributed by atoms with van der Waals surface area (Å²) in [6.45, 7) is 0.920. The molecule has 0 aliphatic heterocycles. The van der Waals surface area contributed by atoms with Gasteiger partial charge in [-0.1, -0.05) is 24.3 Å². The molecule has 0 heterocycles. The molecule has 3 heteroatoms. The summed E-state index contributed by atoms with van der Waals surface area (Å²) in [6.07, 6.45) is 0. The standard InChI is InChI=1S/C16H19NOS/c1-17-11-13-5-9-16(10-6-13)19-12-14-3-7-15(18-2)8-4-14/h3-10,17H,11-12H2,1-2H3. The third-order valence-electron chi connectivity index (χ3n) is 2.87. The summed E-state index contributed by atoms with van der Waals surface area (Å²) >= 11 is 1.85. The Morgan fingerprint density at radius 2 is 1.58 bits per heavy atom. The minimum absolute atomic E-state index is 0.908. The first kappa shape index (κ1) is 14.0. The lowest BCUT2D eigenvalue weighted by Gasteiger charge is -2.05. The van der Waals surface area contributed by atoms with E-state index < -0.39 is 0 Å². The van der Waals surface area contributed by atoms with Gasteiger partial charge in [0.25, 0.3) is 0 Å². The normalized spacial score (nSPS) is 10.4. The fraction of sp³-hybridized carbons (Fsp3) is 0.250. The fourth-order valence-electron chi connectivity index (χ4n) is 1.80. The highest BCUT2D eigenvalue weighted by Crippen LogP contribution is 2.24. The van der Waals surface area contributed by atoms with E-state index in [1.165, 1.54) is 16.0 Å². The van der Waals surface area contributed by atoms with E-state index in [-0.39, 0.29) is 0 Å². The Bertz CT molecular complexity index is 493. The van der Waals surface area contributed by atoms with Gasteiger partial charge in [0, 0.05) is 17.2 Å². The van der Waals surface area contributed by atoms with Gasteiger partial charge in [-0.3, -0.25) is 0 Å². The van der Waals surface area contributed by atoms with Crippen LogP contribution in [0.4, 0.5) is 0 Å². The van der Waals surface area contributed by atoms with E-state index in [4.69, 9.17) is 4.74 Å². The van der Waals surface area contributed by atoms with Crippen molar-refractivity contribution in [2.24, 2.45) is 0 Å². The topological polar surface area (TPSA) is 21.3 Å². The molecule has 1 N–H and O–H groups in total. The molecule has 0 aliphatic carbocycles. The fourth-order valence-corrected chi connectivity index (χ4v) is 2.65. The van der Waals surface area contributed by atoms with Crippen LogP contribution in [-0.4, -0.2) is 14.2 Å². The zero-order chi connectivity index (χ0) is 13.5. The van der Waals surface area contributed by atoms with Crippen molar-refractivity contribution in [2.75, 3.05) is 14.2 Å². The van der Waals surface area contributed by atoms with E-state index in [0.717, 1.165) is 18.0 Å². The first-order chi connectivity index (χ1) is 9.31. The highest BCUT2D eigenvalue weighted by molar-refractivity contribution is 7.98. The van der Waals surface area contributed by atoms with Crippen molar-refractivity contribution < 1.29 is 4.74 Å². The molecule has 19 heavy (non-hydrogen) atoms. The predicted molar refractivity (Wildman–Crippen MR) is 81.8 cm³/mol. The van der Waals surface area contributed by atoms with Crippen molar-refractivity contribution in [3.63, 3.8) is 0 Å². The number of benzene rings is 2. The van der Waals surface area contributed by atoms with Crippen LogP contribution in [0.25, 0.3) is 0 Å². The van der Waals surface area contributed by atoms with Gasteiger partial charge in [-0.05, 0) is 42.4 Å². The Hall–Kier alpha value is -1.45. The molecule has 2 rings (SSSR count). The molecular weight excluding hydrogens is 254 g/mol. The summed E-state index contributed by atoms with van der Waals surface area (Å²) in [5.74, 6) is 1.89. The molecule has 0 atom stereocenters. The van der Waals surface area contributed by atoms with Crippen molar-refractivity contribution in [1.82, 2.24) is 5.32 Å². The lowest BCUT2D eigenvalue weighted by atomic mass is 10.2. The zero-order valence-corrected chi connectivity index (χ0v) is 12.2. The summed E-state index contributed by atoms with van der Waals surface area (Å²) in [5.41, 5.74) is 2.63. The summed E-state index contributed by atoms with van der Waals surface area (Å²) in [6, 6.07) is 16.9. The van der Waals surface area contributed by atoms with Crippen LogP contribution in [0.15, 0.2) is 53.4 Å². The quantitative estimate of drug-likeness (QED) is 0.811. The Balaban J connectivity index is 1.90. The molecule has 0 saturated carbocycles. The van der Waals surface area contributed by atoms with E-state index in [9.17, 15) is 0 Å². The number of nitrogens with one attached hydrogen (secondary N) is 1. The lowest BCUT2D eigenvalue weighted by Crippen LogP contribution is -2.04. The third kappa shape index (κ3) is 4.30. The van der Waals surface area contributed by atoms with Gasteiger partial charge >= 0.3 is 0 Å². The second-order valence-electron chi connectivity index (χ2n) is 4.31. The number of ether oxygens (including phenoxy) is 1. The second-order valence-corrected chi connectivity index (χ2v) is 5.36. The molecule has 0 saturated heterocycles. The van der Waals surface area contributed by atoms with Gasteiger partial charge in [-0.2, -0.15) is 0 Å². The Labute approximate surface area is 119 Å². The van der Waals surface area contributed by atoms with Crippen molar-refractivity contribution in [3.05, 3.63) is 59.7 Å². The molecule has 100 valence electrons. The van der Waals surface area contributed by atoms with E-state index in [0.29, 0.717) is 0 Å². The third-order valence-corrected chi connectivity index (χ3v) is 3.95. The van der Waals surface area contributed by atoms with Gasteiger partial charge < -0.3 is 10.1 Å². The molecular formula is C16H19NOS. The summed E-state index contributed by atoms with van der Waals surface area (Å²) in [4.78, 5) is 1.30. The molecule has 0 aromatic heterocycles. The smallest absolute Gasteiger partial charge is 0.118 e. The number of hydrogen-bond acceptors (Lipinski definition) is 3. The molecule has 0 radical (unpaired) electrons. The average Bonchev–Trinajstić information content (AvgIpc) is 2.47. The van der Waals surface area contributed by atoms with Crippen LogP contribution in [0.2, 0.25) is 0 Å². The van der Waals surface area contributed by atoms with Gasteiger partial charge in [0.15, 0.2) is 0 Å². The van der Waals surface area contributed by atoms with Gasteiger partial charge in [-0.15, -0.1) is 11.8 Å².